The Morgan fingerprint density at radius 3 is 2.58 bits per heavy atom. The first kappa shape index (κ1) is 21.5. The van der Waals surface area contributed by atoms with E-state index in [4.69, 9.17) is 4.52 Å². The van der Waals surface area contributed by atoms with Crippen LogP contribution in [0.5, 0.6) is 0 Å². The van der Waals surface area contributed by atoms with Crippen molar-refractivity contribution in [1.29, 1.82) is 0 Å². The van der Waals surface area contributed by atoms with E-state index in [9.17, 15) is 13.2 Å². The highest BCUT2D eigenvalue weighted by molar-refractivity contribution is 7.89. The first-order valence-electron chi connectivity index (χ1n) is 10.9. The number of nitrogens with zero attached hydrogens (tertiary/aromatic N) is 2. The third kappa shape index (κ3) is 3.98. The SMILES string of the molecule is Cc1noc(C)c1-c1cc(S(=O)(=O)NC2CCCC2)c2cc(-c3ccccn3)c(=O)[nH]c2c1. The summed E-state index contributed by atoms with van der Waals surface area (Å²) < 4.78 is 35.3. The monoisotopic (exact) mass is 464 g/mol. The van der Waals surface area contributed by atoms with Crippen molar-refractivity contribution >= 4 is 20.9 Å². The van der Waals surface area contributed by atoms with E-state index in [-0.39, 0.29) is 16.5 Å². The average molecular weight is 465 g/mol. The Bertz CT molecular complexity index is 1480. The molecule has 0 atom stereocenters. The van der Waals surface area contributed by atoms with Crippen LogP contribution in [0.15, 0.2) is 56.8 Å². The van der Waals surface area contributed by atoms with Gasteiger partial charge in [0.25, 0.3) is 5.56 Å². The number of sulfonamides is 1. The fourth-order valence-corrected chi connectivity index (χ4v) is 6.12. The molecule has 4 aromatic rings. The van der Waals surface area contributed by atoms with E-state index in [1.807, 2.05) is 0 Å². The lowest BCUT2D eigenvalue weighted by molar-refractivity contribution is 0.393. The Labute approximate surface area is 191 Å². The predicted octanol–water partition coefficient (Wildman–Crippen LogP) is 4.08. The molecule has 1 saturated carbocycles. The predicted molar refractivity (Wildman–Crippen MR) is 125 cm³/mol. The van der Waals surface area contributed by atoms with Crippen molar-refractivity contribution in [2.45, 2.75) is 50.5 Å². The Morgan fingerprint density at radius 1 is 1.12 bits per heavy atom. The van der Waals surface area contributed by atoms with E-state index >= 15 is 0 Å². The number of pyridine rings is 2. The number of rotatable bonds is 5. The van der Waals surface area contributed by atoms with Crippen molar-refractivity contribution in [3.8, 4) is 22.4 Å². The van der Waals surface area contributed by atoms with E-state index in [2.05, 4.69) is 19.8 Å². The van der Waals surface area contributed by atoms with Gasteiger partial charge in [-0.3, -0.25) is 9.78 Å². The summed E-state index contributed by atoms with van der Waals surface area (Å²) in [5.74, 6) is 0.575. The van der Waals surface area contributed by atoms with Crippen LogP contribution in [0.25, 0.3) is 33.3 Å². The fraction of sp³-hybridized carbons (Fsp3) is 0.292. The van der Waals surface area contributed by atoms with E-state index < -0.39 is 10.0 Å². The number of hydrogen-bond acceptors (Lipinski definition) is 6. The molecule has 0 spiro atoms. The minimum absolute atomic E-state index is 0.0919. The van der Waals surface area contributed by atoms with Crippen LogP contribution >= 0.6 is 0 Å². The molecule has 3 aromatic heterocycles. The summed E-state index contributed by atoms with van der Waals surface area (Å²) in [4.78, 5) is 20.2. The molecule has 0 bridgehead atoms. The molecule has 0 radical (unpaired) electrons. The summed E-state index contributed by atoms with van der Waals surface area (Å²) in [7, 11) is -3.86. The van der Waals surface area contributed by atoms with Gasteiger partial charge in [0, 0.05) is 23.2 Å². The summed E-state index contributed by atoms with van der Waals surface area (Å²) >= 11 is 0. The van der Waals surface area contributed by atoms with Crippen molar-refractivity contribution in [1.82, 2.24) is 19.8 Å². The van der Waals surface area contributed by atoms with Crippen LogP contribution in [0.3, 0.4) is 0 Å². The molecule has 170 valence electrons. The first-order valence-corrected chi connectivity index (χ1v) is 12.4. The van der Waals surface area contributed by atoms with Gasteiger partial charge in [-0.2, -0.15) is 0 Å². The highest BCUT2D eigenvalue weighted by Gasteiger charge is 2.27. The molecule has 3 heterocycles. The maximum absolute atomic E-state index is 13.6. The van der Waals surface area contributed by atoms with Crippen LogP contribution in [-0.2, 0) is 10.0 Å². The number of aromatic nitrogens is 3. The molecule has 9 heteroatoms. The third-order valence-electron chi connectivity index (χ3n) is 6.15. The van der Waals surface area contributed by atoms with Gasteiger partial charge >= 0.3 is 0 Å². The maximum Gasteiger partial charge on any atom is 0.257 e. The minimum atomic E-state index is -3.86. The molecule has 1 fully saturated rings. The second-order valence-corrected chi connectivity index (χ2v) is 10.1. The van der Waals surface area contributed by atoms with Crippen LogP contribution in [0, 0.1) is 13.8 Å². The molecular formula is C24H24N4O4S. The van der Waals surface area contributed by atoms with Crippen molar-refractivity contribution < 1.29 is 12.9 Å². The minimum Gasteiger partial charge on any atom is -0.361 e. The smallest absolute Gasteiger partial charge is 0.257 e. The summed E-state index contributed by atoms with van der Waals surface area (Å²) in [6, 6.07) is 10.2. The number of nitrogens with one attached hydrogen (secondary N) is 2. The average Bonchev–Trinajstić information content (AvgIpc) is 3.41. The normalized spacial score (nSPS) is 14.8. The van der Waals surface area contributed by atoms with E-state index in [1.165, 1.54) is 0 Å². The Morgan fingerprint density at radius 2 is 1.91 bits per heavy atom. The molecule has 1 aromatic carbocycles. The molecule has 0 amide bonds. The summed E-state index contributed by atoms with van der Waals surface area (Å²) in [6.45, 7) is 3.57. The zero-order chi connectivity index (χ0) is 23.2. The van der Waals surface area contributed by atoms with Crippen LogP contribution in [0.2, 0.25) is 0 Å². The first-order chi connectivity index (χ1) is 15.8. The van der Waals surface area contributed by atoms with E-state index in [0.29, 0.717) is 44.7 Å². The Kier molecular flexibility index (Phi) is 5.38. The number of aromatic amines is 1. The highest BCUT2D eigenvalue weighted by atomic mass is 32.2. The molecule has 0 aliphatic heterocycles. The highest BCUT2D eigenvalue weighted by Crippen LogP contribution is 2.34. The lowest BCUT2D eigenvalue weighted by Crippen LogP contribution is -2.32. The van der Waals surface area contributed by atoms with Gasteiger partial charge in [-0.25, -0.2) is 13.1 Å². The summed E-state index contributed by atoms with van der Waals surface area (Å²) in [5, 5.41) is 4.43. The molecule has 8 nitrogen and oxygen atoms in total. The summed E-state index contributed by atoms with van der Waals surface area (Å²) in [5.41, 5.74) is 2.84. The quantitative estimate of drug-likeness (QED) is 0.459. The van der Waals surface area contributed by atoms with Crippen molar-refractivity contribution in [2.75, 3.05) is 0 Å². The number of aryl methyl sites for hydroxylation is 2. The van der Waals surface area contributed by atoms with Gasteiger partial charge in [0.2, 0.25) is 10.0 Å². The van der Waals surface area contributed by atoms with Gasteiger partial charge in [-0.15, -0.1) is 0 Å². The van der Waals surface area contributed by atoms with Crippen LogP contribution in [-0.4, -0.2) is 29.6 Å². The Hall–Kier alpha value is -3.30. The summed E-state index contributed by atoms with van der Waals surface area (Å²) in [6.07, 6.45) is 5.24. The molecule has 33 heavy (non-hydrogen) atoms. The fourth-order valence-electron chi connectivity index (χ4n) is 4.58. The third-order valence-corrected chi connectivity index (χ3v) is 7.71. The molecule has 0 unspecified atom stereocenters. The maximum atomic E-state index is 13.6. The van der Waals surface area contributed by atoms with Crippen LogP contribution < -0.4 is 10.3 Å². The van der Waals surface area contributed by atoms with Crippen molar-refractivity contribution in [3.05, 3.63) is 64.4 Å². The number of hydrogen-bond donors (Lipinski definition) is 2. The van der Waals surface area contributed by atoms with Crippen molar-refractivity contribution in [2.24, 2.45) is 0 Å². The lowest BCUT2D eigenvalue weighted by atomic mass is 10.0. The van der Waals surface area contributed by atoms with Crippen LogP contribution in [0.1, 0.15) is 37.1 Å². The number of benzene rings is 1. The van der Waals surface area contributed by atoms with Crippen LogP contribution in [0.4, 0.5) is 0 Å². The topological polar surface area (TPSA) is 118 Å². The van der Waals surface area contributed by atoms with E-state index in [0.717, 1.165) is 25.7 Å². The van der Waals surface area contributed by atoms with Gasteiger partial charge < -0.3 is 9.51 Å². The lowest BCUT2D eigenvalue weighted by Gasteiger charge is -2.16. The molecular weight excluding hydrogens is 440 g/mol. The largest absolute Gasteiger partial charge is 0.361 e. The van der Waals surface area contributed by atoms with E-state index in [1.54, 1.807) is 56.4 Å². The van der Waals surface area contributed by atoms with Gasteiger partial charge in [0.15, 0.2) is 0 Å². The van der Waals surface area contributed by atoms with Crippen molar-refractivity contribution in [3.63, 3.8) is 0 Å². The Balaban J connectivity index is 1.77. The molecule has 1 aliphatic rings. The molecule has 5 rings (SSSR count). The van der Waals surface area contributed by atoms with Gasteiger partial charge in [0.1, 0.15) is 5.76 Å². The zero-order valence-corrected chi connectivity index (χ0v) is 19.2. The zero-order valence-electron chi connectivity index (χ0n) is 18.4. The second-order valence-electron chi connectivity index (χ2n) is 8.46. The number of H-pyrrole nitrogens is 1. The van der Waals surface area contributed by atoms with Gasteiger partial charge in [0.05, 0.1) is 27.4 Å². The van der Waals surface area contributed by atoms with Gasteiger partial charge in [-0.1, -0.05) is 24.1 Å². The standard InChI is InChI=1S/C24H24N4O4S/c1-14-23(15(2)32-27-14)16-11-21-18(13-19(24(29)26-21)20-9-5-6-10-25-20)22(12-16)33(30,31)28-17-7-3-4-8-17/h5-6,9-13,17,28H,3-4,7-8H2,1-2H3,(H,26,29). The molecule has 0 saturated heterocycles. The van der Waals surface area contributed by atoms with Gasteiger partial charge in [-0.05, 0) is 62.6 Å². The number of fused-ring (bicyclic) bond motifs is 1. The molecule has 2 N–H and O–H groups in total. The second kappa shape index (κ2) is 8.24. The molecule has 1 aliphatic carbocycles.